The Hall–Kier alpha value is -1.92. The first-order valence-corrected chi connectivity index (χ1v) is 8.92. The summed E-state index contributed by atoms with van der Waals surface area (Å²) in [6.07, 6.45) is 0. The molecule has 5 nitrogen and oxygen atoms in total. The van der Waals surface area contributed by atoms with Crippen LogP contribution < -0.4 is 15.0 Å². The first-order valence-electron chi connectivity index (χ1n) is 8.10. The van der Waals surface area contributed by atoms with Crippen LogP contribution in [0.25, 0.3) is 11.3 Å². The number of amides is 1. The van der Waals surface area contributed by atoms with Crippen molar-refractivity contribution < 1.29 is 14.4 Å². The fourth-order valence-electron chi connectivity index (χ4n) is 2.51. The molecule has 2 rings (SSSR count). The lowest BCUT2D eigenvalue weighted by atomic mass is 10.1. The Bertz CT molecular complexity index is 680. The Morgan fingerprint density at radius 3 is 2.58 bits per heavy atom. The van der Waals surface area contributed by atoms with E-state index in [9.17, 15) is 4.79 Å². The predicted octanol–water partition coefficient (Wildman–Crippen LogP) is 1.67. The average molecular weight is 348 g/mol. The molecule has 0 spiro atoms. The minimum Gasteiger partial charge on any atom is -0.497 e. The number of benzene rings is 1. The summed E-state index contributed by atoms with van der Waals surface area (Å²) in [6.45, 7) is 7.22. The second-order valence-corrected chi connectivity index (χ2v) is 7.56. The van der Waals surface area contributed by atoms with Crippen molar-refractivity contribution in [3.63, 3.8) is 0 Å². The van der Waals surface area contributed by atoms with Gasteiger partial charge in [0, 0.05) is 16.5 Å². The van der Waals surface area contributed by atoms with Gasteiger partial charge in [-0.1, -0.05) is 0 Å². The van der Waals surface area contributed by atoms with E-state index in [1.54, 1.807) is 18.4 Å². The standard InChI is InChI=1S/C18H25N3O2S/c1-12(2)19-16(22)10-21(4)11-17-20-18(13(3)24-17)14-6-8-15(23-5)9-7-14/h6-9,12H,10-11H2,1-5H3,(H,19,22)/p+1. The number of nitrogens with one attached hydrogen (secondary N) is 2. The van der Waals surface area contributed by atoms with Gasteiger partial charge in [-0.05, 0) is 45.0 Å². The summed E-state index contributed by atoms with van der Waals surface area (Å²) in [6, 6.07) is 8.12. The zero-order valence-corrected chi connectivity index (χ0v) is 15.8. The van der Waals surface area contributed by atoms with Crippen LogP contribution in [0.2, 0.25) is 0 Å². The molecule has 130 valence electrons. The molecular weight excluding hydrogens is 322 g/mol. The molecule has 0 saturated heterocycles. The highest BCUT2D eigenvalue weighted by atomic mass is 32.1. The molecule has 1 unspecified atom stereocenters. The Labute approximate surface area is 147 Å². The molecule has 2 aromatic rings. The van der Waals surface area contributed by atoms with E-state index in [0.29, 0.717) is 6.54 Å². The lowest BCUT2D eigenvalue weighted by molar-refractivity contribution is -0.885. The van der Waals surface area contributed by atoms with Crippen molar-refractivity contribution >= 4 is 17.2 Å². The molecule has 24 heavy (non-hydrogen) atoms. The van der Waals surface area contributed by atoms with Gasteiger partial charge in [0.25, 0.3) is 5.91 Å². The number of hydrogen-bond donors (Lipinski definition) is 2. The fourth-order valence-corrected chi connectivity index (χ4v) is 3.58. The molecule has 6 heteroatoms. The van der Waals surface area contributed by atoms with Crippen LogP contribution in [0.15, 0.2) is 24.3 Å². The highest BCUT2D eigenvalue weighted by Gasteiger charge is 2.16. The maximum Gasteiger partial charge on any atom is 0.275 e. The first kappa shape index (κ1) is 18.4. The molecule has 1 amide bonds. The van der Waals surface area contributed by atoms with E-state index in [2.05, 4.69) is 12.2 Å². The molecule has 0 fully saturated rings. The molecular formula is C18H26N3O2S+. The quantitative estimate of drug-likeness (QED) is 0.800. The number of ether oxygens (including phenoxy) is 1. The Balaban J connectivity index is 2.03. The van der Waals surface area contributed by atoms with E-state index < -0.39 is 0 Å². The van der Waals surface area contributed by atoms with Crippen LogP contribution in [0.1, 0.15) is 23.7 Å². The maximum absolute atomic E-state index is 11.8. The van der Waals surface area contributed by atoms with Gasteiger partial charge in [-0.15, -0.1) is 11.3 Å². The number of aromatic nitrogens is 1. The largest absolute Gasteiger partial charge is 0.497 e. The molecule has 0 saturated carbocycles. The zero-order chi connectivity index (χ0) is 17.7. The summed E-state index contributed by atoms with van der Waals surface area (Å²) in [5, 5.41) is 3.97. The van der Waals surface area contributed by atoms with Crippen LogP contribution in [-0.4, -0.2) is 37.6 Å². The number of aryl methyl sites for hydroxylation is 1. The molecule has 0 radical (unpaired) electrons. The third-order valence-corrected chi connectivity index (χ3v) is 4.54. The molecule has 1 heterocycles. The SMILES string of the molecule is COc1ccc(-c2nc(C[NH+](C)CC(=O)NC(C)C)sc2C)cc1. The van der Waals surface area contributed by atoms with Gasteiger partial charge < -0.3 is 15.0 Å². The van der Waals surface area contributed by atoms with Crippen molar-refractivity contribution in [2.24, 2.45) is 0 Å². The Morgan fingerprint density at radius 1 is 1.33 bits per heavy atom. The van der Waals surface area contributed by atoms with Crippen LogP contribution in [0.5, 0.6) is 5.75 Å². The van der Waals surface area contributed by atoms with Gasteiger partial charge in [0.2, 0.25) is 0 Å². The summed E-state index contributed by atoms with van der Waals surface area (Å²) in [5.74, 6) is 0.915. The van der Waals surface area contributed by atoms with Gasteiger partial charge in [-0.3, -0.25) is 4.79 Å². The number of nitrogens with zero attached hydrogens (tertiary/aromatic N) is 1. The second-order valence-electron chi connectivity index (χ2n) is 6.27. The van der Waals surface area contributed by atoms with Crippen LogP contribution >= 0.6 is 11.3 Å². The van der Waals surface area contributed by atoms with Gasteiger partial charge in [-0.2, -0.15) is 0 Å². The third kappa shape index (κ3) is 5.04. The normalized spacial score (nSPS) is 12.2. The van der Waals surface area contributed by atoms with Gasteiger partial charge in [0.05, 0.1) is 19.9 Å². The van der Waals surface area contributed by atoms with Crippen molar-refractivity contribution in [2.75, 3.05) is 20.7 Å². The second kappa shape index (κ2) is 8.26. The van der Waals surface area contributed by atoms with E-state index in [4.69, 9.17) is 9.72 Å². The lowest BCUT2D eigenvalue weighted by Gasteiger charge is -2.13. The Morgan fingerprint density at radius 2 is 2.00 bits per heavy atom. The van der Waals surface area contributed by atoms with E-state index in [1.165, 1.54) is 4.88 Å². The van der Waals surface area contributed by atoms with Crippen LogP contribution in [0.4, 0.5) is 0 Å². The molecule has 0 aliphatic rings. The maximum atomic E-state index is 11.8. The molecule has 0 bridgehead atoms. The molecule has 0 aliphatic heterocycles. The predicted molar refractivity (Wildman–Crippen MR) is 97.6 cm³/mol. The molecule has 0 aliphatic carbocycles. The summed E-state index contributed by atoms with van der Waals surface area (Å²) in [5.41, 5.74) is 2.10. The smallest absolute Gasteiger partial charge is 0.275 e. The van der Waals surface area contributed by atoms with Gasteiger partial charge in [-0.25, -0.2) is 4.98 Å². The number of quaternary nitrogens is 1. The van der Waals surface area contributed by atoms with Crippen molar-refractivity contribution in [3.8, 4) is 17.0 Å². The number of hydrogen-bond acceptors (Lipinski definition) is 4. The van der Waals surface area contributed by atoms with Crippen molar-refractivity contribution in [1.29, 1.82) is 0 Å². The van der Waals surface area contributed by atoms with Crippen molar-refractivity contribution in [2.45, 2.75) is 33.4 Å². The number of likely N-dealkylation sites (N-methyl/N-ethyl adjacent to an activating group) is 1. The fraction of sp³-hybridized carbons (Fsp3) is 0.444. The molecule has 1 aromatic carbocycles. The van der Waals surface area contributed by atoms with Gasteiger partial charge >= 0.3 is 0 Å². The number of rotatable bonds is 7. The minimum atomic E-state index is 0.0751. The van der Waals surface area contributed by atoms with Crippen LogP contribution in [0.3, 0.4) is 0 Å². The highest BCUT2D eigenvalue weighted by molar-refractivity contribution is 7.12. The summed E-state index contributed by atoms with van der Waals surface area (Å²) >= 11 is 1.69. The number of carbonyl (C=O) groups excluding carboxylic acids is 1. The monoisotopic (exact) mass is 348 g/mol. The lowest BCUT2D eigenvalue weighted by Crippen LogP contribution is -3.09. The molecule has 2 N–H and O–H groups in total. The topological polar surface area (TPSA) is 55.7 Å². The third-order valence-electron chi connectivity index (χ3n) is 3.57. The van der Waals surface area contributed by atoms with E-state index in [0.717, 1.165) is 33.5 Å². The number of carbonyl (C=O) groups is 1. The summed E-state index contributed by atoms with van der Waals surface area (Å²) in [4.78, 5) is 18.9. The number of methoxy groups -OCH3 is 1. The van der Waals surface area contributed by atoms with E-state index in [1.807, 2.05) is 45.2 Å². The van der Waals surface area contributed by atoms with Crippen molar-refractivity contribution in [3.05, 3.63) is 34.2 Å². The first-order chi connectivity index (χ1) is 11.4. The van der Waals surface area contributed by atoms with Crippen molar-refractivity contribution in [1.82, 2.24) is 10.3 Å². The highest BCUT2D eigenvalue weighted by Crippen LogP contribution is 2.28. The van der Waals surface area contributed by atoms with Crippen LogP contribution in [0, 0.1) is 6.92 Å². The van der Waals surface area contributed by atoms with E-state index >= 15 is 0 Å². The van der Waals surface area contributed by atoms with E-state index in [-0.39, 0.29) is 11.9 Å². The molecule has 1 aromatic heterocycles. The number of thiazole rings is 1. The summed E-state index contributed by atoms with van der Waals surface area (Å²) < 4.78 is 5.20. The van der Waals surface area contributed by atoms with Gasteiger partial charge in [0.1, 0.15) is 17.3 Å². The average Bonchev–Trinajstić information content (AvgIpc) is 2.86. The van der Waals surface area contributed by atoms with Crippen LogP contribution in [-0.2, 0) is 11.3 Å². The molecule has 1 atom stereocenters. The minimum absolute atomic E-state index is 0.0751. The zero-order valence-electron chi connectivity index (χ0n) is 15.0. The van der Waals surface area contributed by atoms with Gasteiger partial charge in [0.15, 0.2) is 6.54 Å². The summed E-state index contributed by atoms with van der Waals surface area (Å²) in [7, 11) is 3.68. The Kier molecular flexibility index (Phi) is 6.34.